The van der Waals surface area contributed by atoms with Crippen molar-refractivity contribution in [2.24, 2.45) is 28.7 Å². The van der Waals surface area contributed by atoms with Gasteiger partial charge in [0.2, 0.25) is 5.91 Å². The lowest BCUT2D eigenvalue weighted by atomic mass is 9.61. The van der Waals surface area contributed by atoms with E-state index in [9.17, 15) is 4.79 Å². The van der Waals surface area contributed by atoms with E-state index in [4.69, 9.17) is 11.5 Å². The first-order valence-electron chi connectivity index (χ1n) is 6.14. The summed E-state index contributed by atoms with van der Waals surface area (Å²) in [7, 11) is 0. The van der Waals surface area contributed by atoms with Crippen LogP contribution in [0.3, 0.4) is 0 Å². The smallest absolute Gasteiger partial charge is 0.223 e. The Kier molecular flexibility index (Phi) is 4.33. The molecular weight excluding hydrogens is 202 g/mol. The highest BCUT2D eigenvalue weighted by Crippen LogP contribution is 2.44. The molecule has 94 valence electrons. The van der Waals surface area contributed by atoms with Crippen LogP contribution < -0.4 is 16.8 Å². The van der Waals surface area contributed by atoms with Crippen LogP contribution in [0.1, 0.15) is 33.6 Å². The summed E-state index contributed by atoms with van der Waals surface area (Å²) < 4.78 is 0. The first kappa shape index (κ1) is 13.5. The van der Waals surface area contributed by atoms with Crippen molar-refractivity contribution in [3.8, 4) is 0 Å². The molecule has 16 heavy (non-hydrogen) atoms. The number of carbonyl (C=O) groups is 1. The van der Waals surface area contributed by atoms with Gasteiger partial charge in [-0.15, -0.1) is 0 Å². The van der Waals surface area contributed by atoms with Crippen molar-refractivity contribution < 1.29 is 4.79 Å². The van der Waals surface area contributed by atoms with E-state index in [1.54, 1.807) is 0 Å². The summed E-state index contributed by atoms with van der Waals surface area (Å²) in [4.78, 5) is 12.0. The summed E-state index contributed by atoms with van der Waals surface area (Å²) in [6, 6.07) is 0.216. The Morgan fingerprint density at radius 1 is 1.44 bits per heavy atom. The topological polar surface area (TPSA) is 81.1 Å². The lowest BCUT2D eigenvalue weighted by molar-refractivity contribution is -0.132. The number of hydrogen-bond donors (Lipinski definition) is 3. The molecule has 0 aromatic carbocycles. The lowest BCUT2D eigenvalue weighted by Crippen LogP contribution is -2.52. The minimum Gasteiger partial charge on any atom is -0.355 e. The van der Waals surface area contributed by atoms with Gasteiger partial charge in [0.25, 0.3) is 0 Å². The van der Waals surface area contributed by atoms with E-state index in [0.717, 1.165) is 12.8 Å². The van der Waals surface area contributed by atoms with Gasteiger partial charge in [-0.05, 0) is 24.2 Å². The fourth-order valence-electron chi connectivity index (χ4n) is 2.64. The van der Waals surface area contributed by atoms with Gasteiger partial charge in [0.1, 0.15) is 0 Å². The number of nitrogens with two attached hydrogens (primary N) is 2. The van der Waals surface area contributed by atoms with Crippen LogP contribution in [0, 0.1) is 17.3 Å². The number of nitrogens with one attached hydrogen (secondary N) is 1. The summed E-state index contributed by atoms with van der Waals surface area (Å²) in [6.45, 7) is 7.49. The minimum absolute atomic E-state index is 0.0314. The Morgan fingerprint density at radius 3 is 2.62 bits per heavy atom. The first-order chi connectivity index (χ1) is 7.41. The molecule has 0 aromatic heterocycles. The molecule has 4 heteroatoms. The second-order valence-electron chi connectivity index (χ2n) is 5.48. The summed E-state index contributed by atoms with van der Waals surface area (Å²) in [5.74, 6) is 0.568. The molecule has 5 N–H and O–H groups in total. The standard InChI is InChI=1S/C12H25N3O/c1-8-10(14)5-4-9(12(8,2)3)11(16)15-7-6-13/h8-10H,4-7,13-14H2,1-3H3,(H,15,16). The Balaban J connectivity index is 2.69. The second-order valence-corrected chi connectivity index (χ2v) is 5.48. The van der Waals surface area contributed by atoms with Crippen molar-refractivity contribution in [2.45, 2.75) is 39.7 Å². The van der Waals surface area contributed by atoms with Crippen LogP contribution in [-0.4, -0.2) is 25.0 Å². The quantitative estimate of drug-likeness (QED) is 0.655. The highest BCUT2D eigenvalue weighted by Gasteiger charge is 2.44. The van der Waals surface area contributed by atoms with Crippen molar-refractivity contribution in [3.63, 3.8) is 0 Å². The molecule has 0 spiro atoms. The first-order valence-corrected chi connectivity index (χ1v) is 6.14. The van der Waals surface area contributed by atoms with Crippen LogP contribution in [0.15, 0.2) is 0 Å². The Morgan fingerprint density at radius 2 is 2.06 bits per heavy atom. The third-order valence-electron chi connectivity index (χ3n) is 4.26. The third-order valence-corrected chi connectivity index (χ3v) is 4.26. The van der Waals surface area contributed by atoms with Gasteiger partial charge in [-0.3, -0.25) is 4.79 Å². The summed E-state index contributed by atoms with van der Waals surface area (Å²) >= 11 is 0. The molecule has 0 aliphatic heterocycles. The van der Waals surface area contributed by atoms with Gasteiger partial charge in [-0.25, -0.2) is 0 Å². The van der Waals surface area contributed by atoms with E-state index in [1.165, 1.54) is 0 Å². The van der Waals surface area contributed by atoms with E-state index in [-0.39, 0.29) is 23.3 Å². The molecule has 0 saturated heterocycles. The maximum absolute atomic E-state index is 12.0. The maximum atomic E-state index is 12.0. The van der Waals surface area contributed by atoms with E-state index in [2.05, 4.69) is 26.1 Å². The molecule has 1 aliphatic carbocycles. The molecule has 3 unspecified atom stereocenters. The zero-order valence-electron chi connectivity index (χ0n) is 10.6. The molecule has 0 aromatic rings. The Hall–Kier alpha value is -0.610. The normalized spacial score (nSPS) is 33.4. The van der Waals surface area contributed by atoms with Crippen molar-refractivity contribution >= 4 is 5.91 Å². The zero-order chi connectivity index (χ0) is 12.3. The molecule has 1 saturated carbocycles. The fraction of sp³-hybridized carbons (Fsp3) is 0.917. The molecule has 1 aliphatic rings. The predicted molar refractivity (Wildman–Crippen MR) is 65.7 cm³/mol. The van der Waals surface area contributed by atoms with E-state index < -0.39 is 0 Å². The molecule has 0 heterocycles. The van der Waals surface area contributed by atoms with Crippen LogP contribution in [0.25, 0.3) is 0 Å². The van der Waals surface area contributed by atoms with Crippen molar-refractivity contribution in [3.05, 3.63) is 0 Å². The minimum atomic E-state index is -0.0314. The number of hydrogen-bond acceptors (Lipinski definition) is 3. The molecule has 1 rings (SSSR count). The van der Waals surface area contributed by atoms with Crippen molar-refractivity contribution in [1.82, 2.24) is 5.32 Å². The monoisotopic (exact) mass is 227 g/mol. The van der Waals surface area contributed by atoms with Crippen LogP contribution in [0.2, 0.25) is 0 Å². The van der Waals surface area contributed by atoms with E-state index in [0.29, 0.717) is 19.0 Å². The fourth-order valence-corrected chi connectivity index (χ4v) is 2.64. The summed E-state index contributed by atoms with van der Waals surface area (Å²) in [5.41, 5.74) is 11.4. The Labute approximate surface area is 98.1 Å². The third kappa shape index (κ3) is 2.55. The number of amides is 1. The predicted octanol–water partition coefficient (Wildman–Crippen LogP) is 0.461. The second kappa shape index (κ2) is 5.15. The van der Waals surface area contributed by atoms with Crippen LogP contribution in [0.5, 0.6) is 0 Å². The van der Waals surface area contributed by atoms with Crippen molar-refractivity contribution in [2.75, 3.05) is 13.1 Å². The van der Waals surface area contributed by atoms with Crippen LogP contribution >= 0.6 is 0 Å². The van der Waals surface area contributed by atoms with Gasteiger partial charge in [0.05, 0.1) is 0 Å². The highest BCUT2D eigenvalue weighted by atomic mass is 16.1. The average Bonchev–Trinajstić information content (AvgIpc) is 2.23. The van der Waals surface area contributed by atoms with Gasteiger partial charge in [-0.2, -0.15) is 0 Å². The van der Waals surface area contributed by atoms with Crippen LogP contribution in [-0.2, 0) is 4.79 Å². The molecule has 0 bridgehead atoms. The molecule has 0 radical (unpaired) electrons. The lowest BCUT2D eigenvalue weighted by Gasteiger charge is -2.46. The molecule has 4 nitrogen and oxygen atoms in total. The van der Waals surface area contributed by atoms with Gasteiger partial charge in [0.15, 0.2) is 0 Å². The van der Waals surface area contributed by atoms with Gasteiger partial charge < -0.3 is 16.8 Å². The van der Waals surface area contributed by atoms with E-state index >= 15 is 0 Å². The van der Waals surface area contributed by atoms with E-state index in [1.807, 2.05) is 0 Å². The molecular formula is C12H25N3O. The number of rotatable bonds is 3. The van der Waals surface area contributed by atoms with Crippen molar-refractivity contribution in [1.29, 1.82) is 0 Å². The van der Waals surface area contributed by atoms with Gasteiger partial charge >= 0.3 is 0 Å². The van der Waals surface area contributed by atoms with Gasteiger partial charge in [-0.1, -0.05) is 20.8 Å². The largest absolute Gasteiger partial charge is 0.355 e. The highest BCUT2D eigenvalue weighted by molar-refractivity contribution is 5.79. The number of carbonyl (C=O) groups excluding carboxylic acids is 1. The molecule has 3 atom stereocenters. The molecule has 1 fully saturated rings. The van der Waals surface area contributed by atoms with Gasteiger partial charge in [0, 0.05) is 25.0 Å². The summed E-state index contributed by atoms with van der Waals surface area (Å²) in [5, 5.41) is 2.89. The van der Waals surface area contributed by atoms with Crippen LogP contribution in [0.4, 0.5) is 0 Å². The SMILES string of the molecule is CC1C(N)CCC(C(=O)NCCN)C1(C)C. The summed E-state index contributed by atoms with van der Waals surface area (Å²) in [6.07, 6.45) is 1.82. The Bertz CT molecular complexity index is 253. The zero-order valence-corrected chi connectivity index (χ0v) is 10.6. The molecule has 1 amide bonds. The maximum Gasteiger partial charge on any atom is 0.223 e. The average molecular weight is 227 g/mol.